The van der Waals surface area contributed by atoms with E-state index in [0.29, 0.717) is 11.2 Å². The van der Waals surface area contributed by atoms with Gasteiger partial charge in [-0.05, 0) is 36.8 Å². The number of phenolic OH excluding ortho intramolecular Hbond substituents is 1. The molecule has 0 spiro atoms. The van der Waals surface area contributed by atoms with Gasteiger partial charge in [0, 0.05) is 11.2 Å². The Balaban J connectivity index is 2.30. The lowest BCUT2D eigenvalue weighted by molar-refractivity contribution is 0.324. The van der Waals surface area contributed by atoms with E-state index in [1.165, 1.54) is 43.4 Å². The lowest BCUT2D eigenvalue weighted by Gasteiger charge is -2.37. The van der Waals surface area contributed by atoms with Crippen LogP contribution in [0.25, 0.3) is 0 Å². The van der Waals surface area contributed by atoms with Gasteiger partial charge in [0.1, 0.15) is 5.75 Å². The number of rotatable bonds is 3. The van der Waals surface area contributed by atoms with Crippen molar-refractivity contribution < 1.29 is 5.11 Å². The summed E-state index contributed by atoms with van der Waals surface area (Å²) >= 11 is 1.93. The molecule has 2 rings (SSSR count). The lowest BCUT2D eigenvalue weighted by Crippen LogP contribution is -2.31. The quantitative estimate of drug-likeness (QED) is 0.857. The number of benzene rings is 1. The highest BCUT2D eigenvalue weighted by atomic mass is 32.2. The van der Waals surface area contributed by atoms with Crippen LogP contribution in [0.4, 0.5) is 0 Å². The molecule has 1 saturated carbocycles. The van der Waals surface area contributed by atoms with Crippen molar-refractivity contribution in [3.05, 3.63) is 29.8 Å². The van der Waals surface area contributed by atoms with E-state index in [0.717, 1.165) is 0 Å². The molecular weight excluding hydrogens is 216 g/mol. The zero-order chi connectivity index (χ0) is 11.4. The minimum absolute atomic E-state index is 0.316. The van der Waals surface area contributed by atoms with E-state index in [4.69, 9.17) is 0 Å². The fraction of sp³-hybridized carbons (Fsp3) is 0.571. The average molecular weight is 236 g/mol. The van der Waals surface area contributed by atoms with Gasteiger partial charge < -0.3 is 5.11 Å². The van der Waals surface area contributed by atoms with E-state index >= 15 is 0 Å². The maximum absolute atomic E-state index is 9.62. The molecule has 1 N–H and O–H groups in total. The van der Waals surface area contributed by atoms with Crippen LogP contribution in [0, 0.1) is 0 Å². The van der Waals surface area contributed by atoms with Crippen molar-refractivity contribution >= 4 is 11.8 Å². The number of phenols is 1. The highest BCUT2D eigenvalue weighted by Gasteiger charge is 2.33. The maximum Gasteiger partial charge on any atom is 0.115 e. The summed E-state index contributed by atoms with van der Waals surface area (Å²) in [6.45, 7) is 0. The summed E-state index contributed by atoms with van der Waals surface area (Å²) < 4.78 is 0. The standard InChI is InChI=1S/C14H20OS/c1-16-11-14(8-3-2-4-9-14)12-6-5-7-13(15)10-12/h5-7,10,15H,2-4,8-9,11H2,1H3. The molecule has 88 valence electrons. The smallest absolute Gasteiger partial charge is 0.115 e. The Hall–Kier alpha value is -0.630. The van der Waals surface area contributed by atoms with Crippen molar-refractivity contribution in [2.24, 2.45) is 0 Å². The molecule has 0 aliphatic heterocycles. The highest BCUT2D eigenvalue weighted by Crippen LogP contribution is 2.42. The molecule has 0 bridgehead atoms. The summed E-state index contributed by atoms with van der Waals surface area (Å²) in [6.07, 6.45) is 8.76. The topological polar surface area (TPSA) is 20.2 Å². The third-order valence-corrected chi connectivity index (χ3v) is 4.53. The van der Waals surface area contributed by atoms with Crippen molar-refractivity contribution in [1.82, 2.24) is 0 Å². The van der Waals surface area contributed by atoms with Crippen molar-refractivity contribution in [2.75, 3.05) is 12.0 Å². The zero-order valence-electron chi connectivity index (χ0n) is 9.91. The van der Waals surface area contributed by atoms with Gasteiger partial charge in [0.2, 0.25) is 0 Å². The summed E-state index contributed by atoms with van der Waals surface area (Å²) in [6, 6.07) is 7.88. The predicted octanol–water partition coefficient (Wildman–Crippen LogP) is 3.96. The molecule has 1 nitrogen and oxygen atoms in total. The van der Waals surface area contributed by atoms with Crippen LogP contribution in [0.5, 0.6) is 5.75 Å². The summed E-state index contributed by atoms with van der Waals surface area (Å²) in [5.41, 5.74) is 1.65. The molecule has 1 aliphatic rings. The molecule has 1 aromatic carbocycles. The first-order chi connectivity index (χ1) is 7.77. The molecular formula is C14H20OS. The Morgan fingerprint density at radius 1 is 1.25 bits per heavy atom. The fourth-order valence-corrected chi connectivity index (χ4v) is 3.86. The van der Waals surface area contributed by atoms with E-state index in [1.54, 1.807) is 6.07 Å². The molecule has 1 aliphatic carbocycles. The Morgan fingerprint density at radius 3 is 2.62 bits per heavy atom. The van der Waals surface area contributed by atoms with Crippen LogP contribution < -0.4 is 0 Å². The Morgan fingerprint density at radius 2 is 2.00 bits per heavy atom. The summed E-state index contributed by atoms with van der Waals surface area (Å²) in [4.78, 5) is 0. The van der Waals surface area contributed by atoms with E-state index in [-0.39, 0.29) is 0 Å². The van der Waals surface area contributed by atoms with Gasteiger partial charge in [0.25, 0.3) is 0 Å². The van der Waals surface area contributed by atoms with Gasteiger partial charge in [-0.15, -0.1) is 0 Å². The van der Waals surface area contributed by atoms with Gasteiger partial charge in [-0.3, -0.25) is 0 Å². The van der Waals surface area contributed by atoms with Gasteiger partial charge in [-0.1, -0.05) is 31.4 Å². The summed E-state index contributed by atoms with van der Waals surface area (Å²) in [5.74, 6) is 1.58. The van der Waals surface area contributed by atoms with Crippen molar-refractivity contribution in [3.63, 3.8) is 0 Å². The first kappa shape index (κ1) is 11.8. The second kappa shape index (κ2) is 5.13. The number of thioether (sulfide) groups is 1. The minimum Gasteiger partial charge on any atom is -0.508 e. The average Bonchev–Trinajstić information content (AvgIpc) is 2.31. The van der Waals surface area contributed by atoms with E-state index in [1.807, 2.05) is 23.9 Å². The van der Waals surface area contributed by atoms with E-state index in [9.17, 15) is 5.11 Å². The maximum atomic E-state index is 9.62. The molecule has 0 heterocycles. The van der Waals surface area contributed by atoms with Gasteiger partial charge in [-0.25, -0.2) is 0 Å². The summed E-state index contributed by atoms with van der Waals surface area (Å²) in [7, 11) is 0. The third-order valence-electron chi connectivity index (χ3n) is 3.69. The molecule has 0 aromatic heterocycles. The van der Waals surface area contributed by atoms with Gasteiger partial charge in [0.05, 0.1) is 0 Å². The van der Waals surface area contributed by atoms with Crippen LogP contribution >= 0.6 is 11.8 Å². The normalized spacial score (nSPS) is 19.6. The predicted molar refractivity (Wildman–Crippen MR) is 71.3 cm³/mol. The molecule has 0 unspecified atom stereocenters. The lowest BCUT2D eigenvalue weighted by atomic mass is 9.71. The molecule has 16 heavy (non-hydrogen) atoms. The first-order valence-electron chi connectivity index (χ1n) is 6.05. The van der Waals surface area contributed by atoms with Gasteiger partial charge >= 0.3 is 0 Å². The Kier molecular flexibility index (Phi) is 3.80. The van der Waals surface area contributed by atoms with Crippen LogP contribution in [-0.2, 0) is 5.41 Å². The molecule has 0 radical (unpaired) electrons. The van der Waals surface area contributed by atoms with Crippen LogP contribution in [0.1, 0.15) is 37.7 Å². The van der Waals surface area contributed by atoms with Crippen LogP contribution in [0.15, 0.2) is 24.3 Å². The summed E-state index contributed by atoms with van der Waals surface area (Å²) in [5, 5.41) is 9.62. The molecule has 2 heteroatoms. The van der Waals surface area contributed by atoms with Crippen LogP contribution in [0.3, 0.4) is 0 Å². The fourth-order valence-electron chi connectivity index (χ4n) is 2.86. The Labute approximate surface area is 102 Å². The second-order valence-electron chi connectivity index (χ2n) is 4.82. The largest absolute Gasteiger partial charge is 0.508 e. The van der Waals surface area contributed by atoms with Gasteiger partial charge in [-0.2, -0.15) is 11.8 Å². The molecule has 1 aromatic rings. The van der Waals surface area contributed by atoms with Crippen LogP contribution in [0.2, 0.25) is 0 Å². The number of hydrogen-bond donors (Lipinski definition) is 1. The van der Waals surface area contributed by atoms with Gasteiger partial charge in [0.15, 0.2) is 0 Å². The molecule has 0 amide bonds. The SMILES string of the molecule is CSCC1(c2cccc(O)c2)CCCCC1. The van der Waals surface area contributed by atoms with Crippen molar-refractivity contribution in [1.29, 1.82) is 0 Å². The molecule has 1 fully saturated rings. The molecule has 0 atom stereocenters. The number of hydrogen-bond acceptors (Lipinski definition) is 2. The Bertz CT molecular complexity index is 337. The van der Waals surface area contributed by atoms with Crippen molar-refractivity contribution in [3.8, 4) is 5.75 Å². The van der Waals surface area contributed by atoms with Crippen LogP contribution in [-0.4, -0.2) is 17.1 Å². The highest BCUT2D eigenvalue weighted by molar-refractivity contribution is 7.98. The first-order valence-corrected chi connectivity index (χ1v) is 7.45. The number of aromatic hydroxyl groups is 1. The zero-order valence-corrected chi connectivity index (χ0v) is 10.7. The molecule has 0 saturated heterocycles. The van der Waals surface area contributed by atoms with Crippen molar-refractivity contribution in [2.45, 2.75) is 37.5 Å². The minimum atomic E-state index is 0.316. The van der Waals surface area contributed by atoms with E-state index in [2.05, 4.69) is 12.3 Å². The van der Waals surface area contributed by atoms with E-state index < -0.39 is 0 Å². The third kappa shape index (κ3) is 2.37. The monoisotopic (exact) mass is 236 g/mol. The second-order valence-corrected chi connectivity index (χ2v) is 5.69.